The molecule has 46 heavy (non-hydrogen) atoms. The molecule has 2 amide bonds. The van der Waals surface area contributed by atoms with E-state index in [1.54, 1.807) is 24.3 Å². The van der Waals surface area contributed by atoms with Crippen molar-refractivity contribution in [3.05, 3.63) is 131 Å². The van der Waals surface area contributed by atoms with Crippen LogP contribution in [0.1, 0.15) is 54.5 Å². The van der Waals surface area contributed by atoms with E-state index in [9.17, 15) is 18.4 Å². The van der Waals surface area contributed by atoms with Crippen LogP contribution in [-0.4, -0.2) is 31.8 Å². The van der Waals surface area contributed by atoms with Gasteiger partial charge in [0.25, 0.3) is 0 Å². The van der Waals surface area contributed by atoms with Crippen molar-refractivity contribution >= 4 is 26.0 Å². The summed E-state index contributed by atoms with van der Waals surface area (Å²) in [5.41, 5.74) is 3.19. The molecule has 6 nitrogen and oxygen atoms in total. The Labute approximate surface area is 270 Å². The number of cyclic esters (lactones) is 1. The third kappa shape index (κ3) is 8.20. The zero-order chi connectivity index (χ0) is 32.8. The molecule has 0 unspecified atom stereocenters. The lowest BCUT2D eigenvalue weighted by molar-refractivity contribution is -0.134. The molecule has 4 atom stereocenters. The number of imide groups is 1. The van der Waals surface area contributed by atoms with E-state index in [1.165, 1.54) is 29.2 Å². The molecule has 0 aromatic heterocycles. The van der Waals surface area contributed by atoms with Gasteiger partial charge in [-0.3, -0.25) is 4.79 Å². The van der Waals surface area contributed by atoms with Crippen LogP contribution >= 0.6 is 0 Å². The third-order valence-corrected chi connectivity index (χ3v) is 9.04. The molecule has 1 aliphatic rings. The quantitative estimate of drug-likeness (QED) is 0.156. The first kappa shape index (κ1) is 32.9. The Morgan fingerprint density at radius 1 is 0.870 bits per heavy atom. The number of carbonyl (C=O) groups excluding carboxylic acids is 2. The number of carbonyl (C=O) groups is 2. The maximum atomic E-state index is 14.7. The van der Waals surface area contributed by atoms with Gasteiger partial charge in [-0.05, 0) is 104 Å². The molecule has 4 aromatic rings. The summed E-state index contributed by atoms with van der Waals surface area (Å²) in [5.74, 6) is -1.04. The Hall–Kier alpha value is -4.50. The molecule has 0 bridgehead atoms. The van der Waals surface area contributed by atoms with Gasteiger partial charge in [-0.1, -0.05) is 61.5 Å². The van der Waals surface area contributed by atoms with Crippen LogP contribution in [0.3, 0.4) is 0 Å². The van der Waals surface area contributed by atoms with Crippen LogP contribution in [0.4, 0.5) is 19.3 Å². The number of ether oxygens (including phenoxy) is 1. The molecule has 0 spiro atoms. The molecule has 0 saturated carbocycles. The number of benzene rings is 4. The molecule has 240 valence electrons. The Morgan fingerprint density at radius 2 is 1.46 bits per heavy atom. The average molecular weight is 643 g/mol. The van der Waals surface area contributed by atoms with E-state index in [0.29, 0.717) is 18.5 Å². The number of nitrogens with zero attached hydrogens (tertiary/aromatic N) is 1. The van der Waals surface area contributed by atoms with E-state index < -0.39 is 32.4 Å². The summed E-state index contributed by atoms with van der Waals surface area (Å²) in [4.78, 5) is 29.1. The minimum absolute atomic E-state index is 0.00495. The van der Waals surface area contributed by atoms with Gasteiger partial charge in [0.15, 0.2) is 0 Å². The van der Waals surface area contributed by atoms with Crippen LogP contribution in [-0.2, 0) is 9.53 Å². The summed E-state index contributed by atoms with van der Waals surface area (Å²) in [6.45, 7) is 8.42. The van der Waals surface area contributed by atoms with Gasteiger partial charge in [-0.25, -0.2) is 18.5 Å². The summed E-state index contributed by atoms with van der Waals surface area (Å²) in [6, 6.07) is 28.2. The monoisotopic (exact) mass is 642 g/mol. The van der Waals surface area contributed by atoms with Gasteiger partial charge in [0.1, 0.15) is 30.0 Å². The highest BCUT2D eigenvalue weighted by Crippen LogP contribution is 2.38. The van der Waals surface area contributed by atoms with Crippen molar-refractivity contribution in [2.24, 2.45) is 5.92 Å². The number of nitrogens with one attached hydrogen (secondary N) is 1. The predicted octanol–water partition coefficient (Wildman–Crippen LogP) is 9.25. The van der Waals surface area contributed by atoms with E-state index in [-0.39, 0.29) is 30.1 Å². The van der Waals surface area contributed by atoms with Crippen molar-refractivity contribution in [2.45, 2.75) is 57.4 Å². The highest BCUT2D eigenvalue weighted by Gasteiger charge is 2.44. The number of halogens is 2. The lowest BCUT2D eigenvalue weighted by Gasteiger charge is -2.33. The van der Waals surface area contributed by atoms with Crippen molar-refractivity contribution in [1.29, 1.82) is 0 Å². The van der Waals surface area contributed by atoms with Gasteiger partial charge in [0.05, 0.1) is 12.0 Å². The molecule has 1 fully saturated rings. The van der Waals surface area contributed by atoms with Crippen molar-refractivity contribution in [3.63, 3.8) is 0 Å². The van der Waals surface area contributed by atoms with E-state index in [0.717, 1.165) is 22.4 Å². The summed E-state index contributed by atoms with van der Waals surface area (Å²) in [6.07, 6.45) is 0.295. The van der Waals surface area contributed by atoms with Gasteiger partial charge in [-0.2, -0.15) is 0 Å². The summed E-state index contributed by atoms with van der Waals surface area (Å²) >= 11 is 0. The fourth-order valence-electron chi connectivity index (χ4n) is 5.82. The average Bonchev–Trinajstić information content (AvgIpc) is 3.43. The first-order valence-electron chi connectivity index (χ1n) is 15.6. The summed E-state index contributed by atoms with van der Waals surface area (Å²) in [5, 5.41) is 3.49. The van der Waals surface area contributed by atoms with E-state index >= 15 is 0 Å². The Balaban J connectivity index is 1.54. The van der Waals surface area contributed by atoms with Crippen molar-refractivity contribution in [3.8, 4) is 5.75 Å². The van der Waals surface area contributed by atoms with Gasteiger partial charge in [-0.15, -0.1) is 0 Å². The van der Waals surface area contributed by atoms with Crippen LogP contribution in [0, 0.1) is 17.6 Å². The van der Waals surface area contributed by atoms with E-state index in [2.05, 4.69) is 25.0 Å². The number of hydrogen-bond donors (Lipinski definition) is 1. The molecule has 1 heterocycles. The Morgan fingerprint density at radius 3 is 2.07 bits per heavy atom. The van der Waals surface area contributed by atoms with E-state index in [4.69, 9.17) is 9.16 Å². The zero-order valence-electron chi connectivity index (χ0n) is 26.6. The number of hydrogen-bond acceptors (Lipinski definition) is 5. The molecular formula is C37H40F2N2O4Si. The zero-order valence-corrected chi connectivity index (χ0v) is 27.6. The van der Waals surface area contributed by atoms with Crippen molar-refractivity contribution < 1.29 is 27.5 Å². The molecule has 1 saturated heterocycles. The number of rotatable bonds is 12. The maximum Gasteiger partial charge on any atom is 0.417 e. The van der Waals surface area contributed by atoms with Crippen LogP contribution in [0.25, 0.3) is 0 Å². The third-order valence-electron chi connectivity index (χ3n) is 8.19. The molecule has 1 N–H and O–H groups in total. The first-order valence-corrected chi connectivity index (χ1v) is 19.0. The van der Waals surface area contributed by atoms with Crippen LogP contribution in [0.2, 0.25) is 19.6 Å². The van der Waals surface area contributed by atoms with Crippen LogP contribution < -0.4 is 9.74 Å². The lowest BCUT2D eigenvalue weighted by Crippen LogP contribution is -2.42. The second kappa shape index (κ2) is 14.3. The minimum Gasteiger partial charge on any atom is -0.544 e. The smallest absolute Gasteiger partial charge is 0.417 e. The molecule has 4 aromatic carbocycles. The Bertz CT molecular complexity index is 1610. The first-order chi connectivity index (χ1) is 22.0. The molecule has 9 heteroatoms. The maximum absolute atomic E-state index is 14.7. The molecule has 1 aliphatic heterocycles. The second-order valence-electron chi connectivity index (χ2n) is 12.8. The predicted molar refractivity (Wildman–Crippen MR) is 178 cm³/mol. The van der Waals surface area contributed by atoms with Gasteiger partial charge >= 0.3 is 6.09 Å². The largest absolute Gasteiger partial charge is 0.544 e. The standard InChI is InChI=1S/C37H40F2N2O4Si/c1-25(26-11-15-29(38)16-12-26)10-23-33(36(42)41-34(24-44-37(41)43)27-8-6-5-7-9-27)35(40-31-19-17-30(39)18-20-31)28-13-21-32(22-14-28)45-46(2,3)4/h5-9,11-22,25,33-35,40H,10,23-24H2,1-4H3/t25-,33+,34+,35+/m0/s1. The molecule has 5 rings (SSSR count). The number of amides is 2. The summed E-state index contributed by atoms with van der Waals surface area (Å²) < 4.78 is 39.2. The van der Waals surface area contributed by atoms with E-state index in [1.807, 2.05) is 61.5 Å². The van der Waals surface area contributed by atoms with Crippen LogP contribution in [0.5, 0.6) is 5.75 Å². The Kier molecular flexibility index (Phi) is 10.2. The molecule has 0 aliphatic carbocycles. The van der Waals surface area contributed by atoms with Gasteiger partial charge in [0, 0.05) is 5.69 Å². The van der Waals surface area contributed by atoms with Crippen LogP contribution in [0.15, 0.2) is 103 Å². The van der Waals surface area contributed by atoms with Crippen molar-refractivity contribution in [2.75, 3.05) is 11.9 Å². The number of anilines is 1. The van der Waals surface area contributed by atoms with Gasteiger partial charge < -0.3 is 14.5 Å². The topological polar surface area (TPSA) is 67.9 Å². The summed E-state index contributed by atoms with van der Waals surface area (Å²) in [7, 11) is -1.86. The highest BCUT2D eigenvalue weighted by atomic mass is 28.4. The molecular weight excluding hydrogens is 602 g/mol. The van der Waals surface area contributed by atoms with Crippen molar-refractivity contribution in [1.82, 2.24) is 4.90 Å². The normalized spacial score (nSPS) is 16.8. The fourth-order valence-corrected chi connectivity index (χ4v) is 6.67. The second-order valence-corrected chi connectivity index (χ2v) is 17.2. The SMILES string of the molecule is C[C@@H](CC[C@@H](C(=O)N1C(=O)OC[C@@H]1c1ccccc1)[C@H](Nc1ccc(F)cc1)c1ccc(O[Si](C)(C)C)cc1)c1ccc(F)cc1. The lowest BCUT2D eigenvalue weighted by atomic mass is 9.84. The fraction of sp³-hybridized carbons (Fsp3) is 0.297. The highest BCUT2D eigenvalue weighted by molar-refractivity contribution is 6.70. The molecule has 0 radical (unpaired) electrons. The minimum atomic E-state index is -1.86. The van der Waals surface area contributed by atoms with Gasteiger partial charge in [0.2, 0.25) is 14.2 Å².